The molecule has 1 aliphatic carbocycles. The SMILES string of the molecule is O=C(N[C@H]1C[C@@H](C(=O)Nc2ccc(-n3ccccc3=O)cc2F)CC1=O)c1ccc(Cl)s1. The summed E-state index contributed by atoms with van der Waals surface area (Å²) in [6, 6.07) is 10.9. The topological polar surface area (TPSA) is 97.3 Å². The van der Waals surface area contributed by atoms with Crippen LogP contribution in [0.25, 0.3) is 5.69 Å². The summed E-state index contributed by atoms with van der Waals surface area (Å²) in [4.78, 5) is 49.4. The van der Waals surface area contributed by atoms with Crippen molar-refractivity contribution in [2.24, 2.45) is 5.92 Å². The summed E-state index contributed by atoms with van der Waals surface area (Å²) < 4.78 is 16.3. The van der Waals surface area contributed by atoms with E-state index >= 15 is 0 Å². The first-order chi connectivity index (χ1) is 15.3. The van der Waals surface area contributed by atoms with Crippen LogP contribution in [0.4, 0.5) is 10.1 Å². The lowest BCUT2D eigenvalue weighted by Crippen LogP contribution is -2.37. The number of thiophene rings is 1. The van der Waals surface area contributed by atoms with E-state index in [-0.39, 0.29) is 29.9 Å². The molecule has 1 aliphatic rings. The van der Waals surface area contributed by atoms with Gasteiger partial charge in [-0.25, -0.2) is 4.39 Å². The smallest absolute Gasteiger partial charge is 0.261 e. The molecule has 1 aromatic carbocycles. The Labute approximate surface area is 190 Å². The quantitative estimate of drug-likeness (QED) is 0.593. The molecule has 2 amide bonds. The summed E-state index contributed by atoms with van der Waals surface area (Å²) >= 11 is 6.92. The third kappa shape index (κ3) is 4.63. The maximum absolute atomic E-state index is 14.6. The third-order valence-corrected chi connectivity index (χ3v) is 6.37. The number of halogens is 2. The van der Waals surface area contributed by atoms with Crippen molar-refractivity contribution in [3.8, 4) is 5.69 Å². The lowest BCUT2D eigenvalue weighted by molar-refractivity contribution is -0.123. The molecule has 32 heavy (non-hydrogen) atoms. The van der Waals surface area contributed by atoms with Crippen molar-refractivity contribution in [1.82, 2.24) is 9.88 Å². The van der Waals surface area contributed by atoms with E-state index in [4.69, 9.17) is 11.6 Å². The van der Waals surface area contributed by atoms with Crippen LogP contribution >= 0.6 is 22.9 Å². The minimum Gasteiger partial charge on any atom is -0.342 e. The Bertz CT molecular complexity index is 1270. The van der Waals surface area contributed by atoms with Gasteiger partial charge in [0.15, 0.2) is 5.78 Å². The summed E-state index contributed by atoms with van der Waals surface area (Å²) in [5.74, 6) is -2.62. The number of Topliss-reactive ketones (excluding diaryl/α,β-unsaturated/α-hetero) is 1. The van der Waals surface area contributed by atoms with E-state index in [0.29, 0.717) is 14.9 Å². The standard InChI is InChI=1S/C22H17ClFN3O4S/c23-19-7-6-18(32-19)22(31)26-16-9-12(10-17(16)28)21(30)25-15-5-4-13(11-14(15)24)27-8-2-1-3-20(27)29/h1-8,11-12,16H,9-10H2,(H,25,30)(H,26,31)/t12-,16+/m1/s1. The van der Waals surface area contributed by atoms with Crippen LogP contribution in [-0.2, 0) is 9.59 Å². The Morgan fingerprint density at radius 3 is 2.62 bits per heavy atom. The molecule has 1 saturated carbocycles. The Hall–Kier alpha value is -3.30. The van der Waals surface area contributed by atoms with Crippen molar-refractivity contribution in [1.29, 1.82) is 0 Å². The summed E-state index contributed by atoms with van der Waals surface area (Å²) in [7, 11) is 0. The Morgan fingerprint density at radius 1 is 1.12 bits per heavy atom. The van der Waals surface area contributed by atoms with Crippen LogP contribution in [-0.4, -0.2) is 28.2 Å². The van der Waals surface area contributed by atoms with Gasteiger partial charge in [0.1, 0.15) is 5.82 Å². The fourth-order valence-corrected chi connectivity index (χ4v) is 4.47. The monoisotopic (exact) mass is 473 g/mol. The molecule has 0 spiro atoms. The van der Waals surface area contributed by atoms with Crippen molar-refractivity contribution < 1.29 is 18.8 Å². The second-order valence-electron chi connectivity index (χ2n) is 7.30. The lowest BCUT2D eigenvalue weighted by Gasteiger charge is -2.13. The first kappa shape index (κ1) is 21.9. The van der Waals surface area contributed by atoms with Gasteiger partial charge < -0.3 is 10.6 Å². The van der Waals surface area contributed by atoms with Crippen LogP contribution < -0.4 is 16.2 Å². The fourth-order valence-electron chi connectivity index (χ4n) is 3.52. The molecule has 10 heteroatoms. The van der Waals surface area contributed by atoms with E-state index in [2.05, 4.69) is 10.6 Å². The van der Waals surface area contributed by atoms with Crippen molar-refractivity contribution in [3.05, 3.63) is 80.1 Å². The number of pyridine rings is 1. The zero-order chi connectivity index (χ0) is 22.8. The molecular formula is C22H17ClFN3O4S. The molecule has 3 aromatic rings. The van der Waals surface area contributed by atoms with Gasteiger partial charge in [-0.15, -0.1) is 11.3 Å². The van der Waals surface area contributed by atoms with Gasteiger partial charge in [0.05, 0.1) is 26.6 Å². The number of nitrogens with zero attached hydrogens (tertiary/aromatic N) is 1. The van der Waals surface area contributed by atoms with Gasteiger partial charge in [0, 0.05) is 30.7 Å². The summed E-state index contributed by atoms with van der Waals surface area (Å²) in [5, 5.41) is 5.12. The van der Waals surface area contributed by atoms with E-state index in [0.717, 1.165) is 17.4 Å². The van der Waals surface area contributed by atoms with Crippen molar-refractivity contribution >= 4 is 46.2 Å². The van der Waals surface area contributed by atoms with Gasteiger partial charge >= 0.3 is 0 Å². The highest BCUT2D eigenvalue weighted by Gasteiger charge is 2.37. The number of aromatic nitrogens is 1. The van der Waals surface area contributed by atoms with Crippen LogP contribution in [0.5, 0.6) is 0 Å². The molecular weight excluding hydrogens is 457 g/mol. The predicted octanol–water partition coefficient (Wildman–Crippen LogP) is 3.41. The molecule has 0 radical (unpaired) electrons. The number of rotatable bonds is 5. The molecule has 0 bridgehead atoms. The van der Waals surface area contributed by atoms with E-state index in [1.54, 1.807) is 24.3 Å². The molecule has 2 aromatic heterocycles. The Morgan fingerprint density at radius 2 is 1.94 bits per heavy atom. The number of carbonyl (C=O) groups excluding carboxylic acids is 3. The Kier molecular flexibility index (Phi) is 6.20. The summed E-state index contributed by atoms with van der Waals surface area (Å²) in [6.45, 7) is 0. The van der Waals surface area contributed by atoms with E-state index in [1.807, 2.05) is 0 Å². The Balaban J connectivity index is 1.41. The second kappa shape index (κ2) is 9.05. The van der Waals surface area contributed by atoms with Crippen LogP contribution in [0.2, 0.25) is 4.34 Å². The molecule has 0 saturated heterocycles. The normalized spacial score (nSPS) is 17.9. The van der Waals surface area contributed by atoms with Crippen molar-refractivity contribution in [2.45, 2.75) is 18.9 Å². The van der Waals surface area contributed by atoms with Crippen LogP contribution in [0.3, 0.4) is 0 Å². The maximum atomic E-state index is 14.6. The van der Waals surface area contributed by atoms with Gasteiger partial charge in [-0.05, 0) is 36.8 Å². The maximum Gasteiger partial charge on any atom is 0.261 e. The molecule has 0 aliphatic heterocycles. The number of carbonyl (C=O) groups is 3. The highest BCUT2D eigenvalue weighted by molar-refractivity contribution is 7.18. The third-order valence-electron chi connectivity index (χ3n) is 5.14. The molecule has 4 rings (SSSR count). The van der Waals surface area contributed by atoms with E-state index in [1.165, 1.54) is 29.0 Å². The first-order valence-corrected chi connectivity index (χ1v) is 10.9. The number of benzene rings is 1. The highest BCUT2D eigenvalue weighted by Crippen LogP contribution is 2.27. The molecule has 7 nitrogen and oxygen atoms in total. The van der Waals surface area contributed by atoms with Gasteiger partial charge in [0.25, 0.3) is 11.5 Å². The van der Waals surface area contributed by atoms with Crippen molar-refractivity contribution in [3.63, 3.8) is 0 Å². The van der Waals surface area contributed by atoms with Gasteiger partial charge in [-0.2, -0.15) is 0 Å². The lowest BCUT2D eigenvalue weighted by atomic mass is 10.1. The fraction of sp³-hybridized carbons (Fsp3) is 0.182. The average molecular weight is 474 g/mol. The minimum atomic E-state index is -0.795. The van der Waals surface area contributed by atoms with Gasteiger partial charge in [0.2, 0.25) is 5.91 Å². The van der Waals surface area contributed by atoms with Crippen LogP contribution in [0.1, 0.15) is 22.5 Å². The minimum absolute atomic E-state index is 0.0545. The summed E-state index contributed by atoms with van der Waals surface area (Å²) in [6.07, 6.45) is 1.58. The first-order valence-electron chi connectivity index (χ1n) is 9.69. The number of anilines is 1. The van der Waals surface area contributed by atoms with E-state index in [9.17, 15) is 23.6 Å². The van der Waals surface area contributed by atoms with Gasteiger partial charge in [-0.1, -0.05) is 17.7 Å². The summed E-state index contributed by atoms with van der Waals surface area (Å²) in [5.41, 5.74) is -0.0550. The molecule has 0 unspecified atom stereocenters. The molecule has 164 valence electrons. The molecule has 1 fully saturated rings. The van der Waals surface area contributed by atoms with Gasteiger partial charge in [-0.3, -0.25) is 23.7 Å². The van der Waals surface area contributed by atoms with Crippen LogP contribution in [0, 0.1) is 11.7 Å². The average Bonchev–Trinajstić information content (AvgIpc) is 3.36. The molecule has 2 N–H and O–H groups in total. The van der Waals surface area contributed by atoms with Crippen LogP contribution in [0.15, 0.2) is 59.5 Å². The number of hydrogen-bond donors (Lipinski definition) is 2. The van der Waals surface area contributed by atoms with E-state index < -0.39 is 29.6 Å². The zero-order valence-electron chi connectivity index (χ0n) is 16.5. The number of hydrogen-bond acceptors (Lipinski definition) is 5. The number of ketones is 1. The number of amides is 2. The largest absolute Gasteiger partial charge is 0.342 e. The van der Waals surface area contributed by atoms with Crippen molar-refractivity contribution in [2.75, 3.05) is 5.32 Å². The highest BCUT2D eigenvalue weighted by atomic mass is 35.5. The number of nitrogens with one attached hydrogen (secondary N) is 2. The second-order valence-corrected chi connectivity index (χ2v) is 9.01. The molecule has 2 heterocycles. The molecule has 2 atom stereocenters. The predicted molar refractivity (Wildman–Crippen MR) is 119 cm³/mol. The zero-order valence-corrected chi connectivity index (χ0v) is 18.1.